The van der Waals surface area contributed by atoms with Crippen LogP contribution in [0.15, 0.2) is 54.4 Å². The zero-order valence-corrected chi connectivity index (χ0v) is 22.1. The third-order valence-corrected chi connectivity index (χ3v) is 8.53. The van der Waals surface area contributed by atoms with E-state index in [-0.39, 0.29) is 11.3 Å². The van der Waals surface area contributed by atoms with E-state index >= 15 is 0 Å². The second-order valence-corrected chi connectivity index (χ2v) is 10.8. The van der Waals surface area contributed by atoms with E-state index in [1.165, 1.54) is 30.2 Å². The van der Waals surface area contributed by atoms with Crippen molar-refractivity contribution in [1.29, 1.82) is 5.41 Å². The standard InChI is InChI=1S/C30H39N5O2/c1-22-6-5-13-30(22,20-34-15-12-23-7-3-4-8-24(23)19-34)21-35-16-17-37-27-10-9-25(18-26(27)29(35)36)33-28(32-2)11-14-31/h3-4,7-11,14,18,22,31-33H,5-6,12-13,15-17,19-21H2,1-2H3/b28-11+,31-14?. The van der Waals surface area contributed by atoms with Crippen LogP contribution in [-0.2, 0) is 13.0 Å². The number of nitrogens with one attached hydrogen (secondary N) is 3. The van der Waals surface area contributed by atoms with Crippen LogP contribution in [0.2, 0.25) is 0 Å². The molecule has 0 aromatic heterocycles. The Bertz CT molecular complexity index is 1180. The number of carbonyl (C=O) groups excluding carboxylic acids is 1. The van der Waals surface area contributed by atoms with E-state index in [0.717, 1.165) is 44.7 Å². The van der Waals surface area contributed by atoms with Crippen LogP contribution in [0.4, 0.5) is 5.69 Å². The molecule has 196 valence electrons. The van der Waals surface area contributed by atoms with Gasteiger partial charge in [0.25, 0.3) is 5.91 Å². The Morgan fingerprint density at radius 2 is 2.03 bits per heavy atom. The summed E-state index contributed by atoms with van der Waals surface area (Å²) in [5, 5.41) is 13.6. The number of anilines is 1. The normalized spacial score (nSPS) is 24.1. The Balaban J connectivity index is 1.36. The summed E-state index contributed by atoms with van der Waals surface area (Å²) in [6, 6.07) is 14.5. The second-order valence-electron chi connectivity index (χ2n) is 10.8. The fourth-order valence-corrected chi connectivity index (χ4v) is 6.36. The van der Waals surface area contributed by atoms with Gasteiger partial charge in [-0.25, -0.2) is 0 Å². The van der Waals surface area contributed by atoms with Crippen molar-refractivity contribution < 1.29 is 9.53 Å². The first-order chi connectivity index (χ1) is 18.0. The summed E-state index contributed by atoms with van der Waals surface area (Å²) in [4.78, 5) is 18.6. The average Bonchev–Trinajstić information content (AvgIpc) is 3.18. The van der Waals surface area contributed by atoms with E-state index in [4.69, 9.17) is 10.1 Å². The van der Waals surface area contributed by atoms with Crippen LogP contribution in [0, 0.1) is 16.7 Å². The second kappa shape index (κ2) is 11.0. The molecule has 0 spiro atoms. The van der Waals surface area contributed by atoms with Crippen LogP contribution >= 0.6 is 0 Å². The molecule has 5 rings (SSSR count). The lowest BCUT2D eigenvalue weighted by Crippen LogP contribution is -2.50. The molecule has 2 aromatic carbocycles. The quantitative estimate of drug-likeness (QED) is 0.464. The molecule has 3 N–H and O–H groups in total. The van der Waals surface area contributed by atoms with Gasteiger partial charge >= 0.3 is 0 Å². The smallest absolute Gasteiger partial charge is 0.257 e. The zero-order chi connectivity index (χ0) is 25.8. The minimum absolute atomic E-state index is 0.0423. The monoisotopic (exact) mass is 501 g/mol. The number of rotatable bonds is 8. The van der Waals surface area contributed by atoms with E-state index in [0.29, 0.717) is 36.2 Å². The van der Waals surface area contributed by atoms with Crippen molar-refractivity contribution in [3.63, 3.8) is 0 Å². The molecule has 2 atom stereocenters. The number of allylic oxidation sites excluding steroid dienone is 1. The molecular weight excluding hydrogens is 462 g/mol. The Kier molecular flexibility index (Phi) is 7.51. The molecule has 7 heteroatoms. The van der Waals surface area contributed by atoms with Gasteiger partial charge in [-0.1, -0.05) is 44.0 Å². The molecule has 7 nitrogen and oxygen atoms in total. The van der Waals surface area contributed by atoms with Gasteiger partial charge < -0.3 is 25.7 Å². The predicted octanol–water partition coefficient (Wildman–Crippen LogP) is 4.51. The minimum atomic E-state index is 0.0423. The Hall–Kier alpha value is -3.32. The van der Waals surface area contributed by atoms with Gasteiger partial charge in [-0.2, -0.15) is 0 Å². The number of nitrogens with zero attached hydrogens (tertiary/aromatic N) is 2. The van der Waals surface area contributed by atoms with Crippen molar-refractivity contribution >= 4 is 17.8 Å². The zero-order valence-electron chi connectivity index (χ0n) is 22.1. The van der Waals surface area contributed by atoms with E-state index in [1.54, 1.807) is 13.1 Å². The number of ether oxygens (including phenoxy) is 1. The first-order valence-electron chi connectivity index (χ1n) is 13.5. The van der Waals surface area contributed by atoms with Crippen LogP contribution in [0.5, 0.6) is 5.75 Å². The molecule has 1 amide bonds. The topological polar surface area (TPSA) is 80.7 Å². The maximum Gasteiger partial charge on any atom is 0.257 e. The number of fused-ring (bicyclic) bond motifs is 2. The maximum atomic E-state index is 13.9. The van der Waals surface area contributed by atoms with Gasteiger partial charge in [0.15, 0.2) is 0 Å². The van der Waals surface area contributed by atoms with Gasteiger partial charge in [0.05, 0.1) is 12.1 Å². The molecule has 2 aliphatic heterocycles. The maximum absolute atomic E-state index is 13.9. The van der Waals surface area contributed by atoms with Crippen LogP contribution in [0.1, 0.15) is 47.7 Å². The molecule has 0 saturated heterocycles. The van der Waals surface area contributed by atoms with Crippen LogP contribution in [0.25, 0.3) is 0 Å². The van der Waals surface area contributed by atoms with Crippen LogP contribution in [-0.4, -0.2) is 61.8 Å². The summed E-state index contributed by atoms with van der Waals surface area (Å²) in [5.74, 6) is 1.94. The summed E-state index contributed by atoms with van der Waals surface area (Å²) < 4.78 is 6.03. The number of amides is 1. The van der Waals surface area contributed by atoms with Crippen molar-refractivity contribution in [2.45, 2.75) is 39.2 Å². The van der Waals surface area contributed by atoms with E-state index < -0.39 is 0 Å². The van der Waals surface area contributed by atoms with Crippen LogP contribution in [0.3, 0.4) is 0 Å². The van der Waals surface area contributed by atoms with Gasteiger partial charge in [0, 0.05) is 50.5 Å². The molecule has 0 radical (unpaired) electrons. The lowest BCUT2D eigenvalue weighted by atomic mass is 9.77. The van der Waals surface area contributed by atoms with Gasteiger partial charge in [0.1, 0.15) is 18.2 Å². The van der Waals surface area contributed by atoms with E-state index in [1.807, 2.05) is 23.1 Å². The fourth-order valence-electron chi connectivity index (χ4n) is 6.36. The number of benzene rings is 2. The summed E-state index contributed by atoms with van der Waals surface area (Å²) in [7, 11) is 1.80. The Morgan fingerprint density at radius 1 is 1.19 bits per heavy atom. The highest BCUT2D eigenvalue weighted by Gasteiger charge is 2.44. The molecule has 3 aliphatic rings. The van der Waals surface area contributed by atoms with Crippen LogP contribution < -0.4 is 15.4 Å². The Morgan fingerprint density at radius 3 is 2.78 bits per heavy atom. The SMILES string of the molecule is CN/C(=C\C=N)Nc1ccc2c(c1)C(=O)N(CC1(CN3CCc4ccccc4C3)CCCC1C)CCO2. The third-order valence-electron chi connectivity index (χ3n) is 8.53. The highest BCUT2D eigenvalue weighted by molar-refractivity contribution is 5.98. The Labute approximate surface area is 220 Å². The van der Waals surface area contributed by atoms with Crippen molar-refractivity contribution in [3.8, 4) is 5.75 Å². The van der Waals surface area contributed by atoms with Crippen molar-refractivity contribution in [2.75, 3.05) is 45.2 Å². The first kappa shape index (κ1) is 25.3. The molecule has 2 heterocycles. The minimum Gasteiger partial charge on any atom is -0.491 e. The highest BCUT2D eigenvalue weighted by Crippen LogP contribution is 2.45. The molecule has 1 saturated carbocycles. The first-order valence-corrected chi connectivity index (χ1v) is 13.5. The molecule has 1 fully saturated rings. The largest absolute Gasteiger partial charge is 0.491 e. The average molecular weight is 502 g/mol. The lowest BCUT2D eigenvalue weighted by Gasteiger charge is -2.43. The summed E-state index contributed by atoms with van der Waals surface area (Å²) >= 11 is 0. The molecule has 1 aliphatic carbocycles. The predicted molar refractivity (Wildman–Crippen MR) is 148 cm³/mol. The molecule has 0 bridgehead atoms. The van der Waals surface area contributed by atoms with Crippen molar-refractivity contribution in [1.82, 2.24) is 15.1 Å². The van der Waals surface area contributed by atoms with Gasteiger partial charge in [-0.15, -0.1) is 0 Å². The van der Waals surface area contributed by atoms with Crippen molar-refractivity contribution in [2.24, 2.45) is 11.3 Å². The summed E-state index contributed by atoms with van der Waals surface area (Å²) in [5.41, 5.74) is 4.40. The highest BCUT2D eigenvalue weighted by atomic mass is 16.5. The lowest BCUT2D eigenvalue weighted by molar-refractivity contribution is 0.0434. The number of carbonyl (C=O) groups is 1. The molecule has 2 unspecified atom stereocenters. The van der Waals surface area contributed by atoms with E-state index in [9.17, 15) is 4.79 Å². The fraction of sp³-hybridized carbons (Fsp3) is 0.467. The number of hydrogen-bond donors (Lipinski definition) is 3. The molecule has 2 aromatic rings. The van der Waals surface area contributed by atoms with Gasteiger partial charge in [-0.05, 0) is 54.2 Å². The van der Waals surface area contributed by atoms with Crippen molar-refractivity contribution in [3.05, 3.63) is 71.1 Å². The van der Waals surface area contributed by atoms with Gasteiger partial charge in [-0.3, -0.25) is 9.69 Å². The van der Waals surface area contributed by atoms with E-state index in [2.05, 4.69) is 46.7 Å². The summed E-state index contributed by atoms with van der Waals surface area (Å²) in [6.45, 7) is 7.36. The molecule has 37 heavy (non-hydrogen) atoms. The number of hydrogen-bond acceptors (Lipinski definition) is 6. The molecular formula is C30H39N5O2. The summed E-state index contributed by atoms with van der Waals surface area (Å²) in [6.07, 6.45) is 7.56. The van der Waals surface area contributed by atoms with Gasteiger partial charge in [0.2, 0.25) is 0 Å². The third kappa shape index (κ3) is 5.37.